The number of ether oxygens (including phenoxy) is 1. The van der Waals surface area contributed by atoms with Crippen molar-refractivity contribution in [2.45, 2.75) is 25.7 Å². The lowest BCUT2D eigenvalue weighted by Gasteiger charge is -2.26. The number of anilines is 1. The summed E-state index contributed by atoms with van der Waals surface area (Å²) in [5, 5.41) is 0. The first-order chi connectivity index (χ1) is 15.2. The fraction of sp³-hybridized carbons (Fsp3) is 0.259. The number of carbonyl (C=O) groups excluding carboxylic acids is 1. The maximum absolute atomic E-state index is 13.2. The second-order valence-electron chi connectivity index (χ2n) is 7.76. The monoisotopic (exact) mass is 492 g/mol. The van der Waals surface area contributed by atoms with Crippen LogP contribution in [0.4, 0.5) is 5.69 Å². The molecule has 4 nitrogen and oxygen atoms in total. The molecule has 0 bridgehead atoms. The topological polar surface area (TPSA) is 41.9 Å². The van der Waals surface area contributed by atoms with Crippen LogP contribution in [-0.2, 0) is 0 Å². The van der Waals surface area contributed by atoms with Crippen molar-refractivity contribution < 1.29 is 9.53 Å². The number of ketones is 1. The van der Waals surface area contributed by atoms with Crippen LogP contribution in [0.3, 0.4) is 0 Å². The van der Waals surface area contributed by atoms with Gasteiger partial charge in [-0.3, -0.25) is 9.79 Å². The molecule has 0 N–H and O–H groups in total. The van der Waals surface area contributed by atoms with Gasteiger partial charge in [0.2, 0.25) is 0 Å². The Balaban J connectivity index is 0.00000289. The summed E-state index contributed by atoms with van der Waals surface area (Å²) in [6, 6.07) is 25.9. The van der Waals surface area contributed by atoms with Gasteiger partial charge in [0.05, 0.1) is 13.7 Å². The predicted molar refractivity (Wildman–Crippen MR) is 138 cm³/mol. The van der Waals surface area contributed by atoms with E-state index >= 15 is 0 Å². The van der Waals surface area contributed by atoms with Crippen LogP contribution in [0.2, 0.25) is 0 Å². The van der Waals surface area contributed by atoms with E-state index in [4.69, 9.17) is 9.73 Å². The zero-order valence-electron chi connectivity index (χ0n) is 18.4. The van der Waals surface area contributed by atoms with Crippen LogP contribution >= 0.6 is 17.0 Å². The van der Waals surface area contributed by atoms with Gasteiger partial charge in [-0.2, -0.15) is 0 Å². The lowest BCUT2D eigenvalue weighted by molar-refractivity contribution is 0.100. The SMILES string of the molecule is Br.COc1ccc(N(CC(=O)c2ccc(-c3ccccc3)cc2)C2=NCCCCC2)cc1. The van der Waals surface area contributed by atoms with Crippen molar-refractivity contribution in [3.05, 3.63) is 84.4 Å². The fourth-order valence-electron chi connectivity index (χ4n) is 3.89. The average Bonchev–Trinajstić information content (AvgIpc) is 3.13. The standard InChI is InChI=1S/C27H28N2O2.BrH/c1-31-25-17-15-24(16-18-25)29(27-10-6-3-7-19-28-27)20-26(30)23-13-11-22(12-14-23)21-8-4-2-5-9-21;/h2,4-5,8-9,11-18H,3,6-7,10,19-20H2,1H3;1H. The highest BCUT2D eigenvalue weighted by atomic mass is 79.9. The highest BCUT2D eigenvalue weighted by Crippen LogP contribution is 2.24. The molecule has 1 aliphatic rings. The van der Waals surface area contributed by atoms with E-state index in [1.54, 1.807) is 7.11 Å². The van der Waals surface area contributed by atoms with E-state index in [0.29, 0.717) is 5.56 Å². The molecule has 0 saturated heterocycles. The van der Waals surface area contributed by atoms with Crippen molar-refractivity contribution in [2.75, 3.05) is 25.1 Å². The minimum absolute atomic E-state index is 0. The third kappa shape index (κ3) is 5.86. The van der Waals surface area contributed by atoms with E-state index in [2.05, 4.69) is 17.0 Å². The summed E-state index contributed by atoms with van der Waals surface area (Å²) in [6.07, 6.45) is 4.28. The molecule has 5 heteroatoms. The molecule has 1 heterocycles. The number of halogens is 1. The van der Waals surface area contributed by atoms with E-state index in [9.17, 15) is 4.79 Å². The van der Waals surface area contributed by atoms with E-state index in [-0.39, 0.29) is 29.3 Å². The number of amidine groups is 1. The van der Waals surface area contributed by atoms with Gasteiger partial charge in [-0.1, -0.05) is 61.0 Å². The number of hydrogen-bond donors (Lipinski definition) is 0. The van der Waals surface area contributed by atoms with E-state index in [0.717, 1.165) is 54.2 Å². The molecule has 0 aromatic heterocycles. The Morgan fingerprint density at radius 1 is 0.875 bits per heavy atom. The maximum atomic E-state index is 13.2. The summed E-state index contributed by atoms with van der Waals surface area (Å²) in [5.41, 5.74) is 3.94. The summed E-state index contributed by atoms with van der Waals surface area (Å²) in [6.45, 7) is 1.10. The smallest absolute Gasteiger partial charge is 0.182 e. The first-order valence-electron chi connectivity index (χ1n) is 10.9. The van der Waals surface area contributed by atoms with Crippen LogP contribution in [-0.4, -0.2) is 31.8 Å². The summed E-state index contributed by atoms with van der Waals surface area (Å²) >= 11 is 0. The van der Waals surface area contributed by atoms with Crippen molar-refractivity contribution in [3.63, 3.8) is 0 Å². The second-order valence-corrected chi connectivity index (χ2v) is 7.76. The molecule has 0 atom stereocenters. The van der Waals surface area contributed by atoms with Crippen LogP contribution in [0.1, 0.15) is 36.0 Å². The minimum atomic E-state index is 0. The molecule has 3 aromatic rings. The zero-order chi connectivity index (χ0) is 21.5. The number of aliphatic imine (C=N–C) groups is 1. The van der Waals surface area contributed by atoms with Crippen molar-refractivity contribution in [3.8, 4) is 16.9 Å². The molecule has 1 aliphatic heterocycles. The number of carbonyl (C=O) groups is 1. The Hall–Kier alpha value is -2.92. The quantitative estimate of drug-likeness (QED) is 0.363. The molecule has 166 valence electrons. The molecular formula is C27H29BrN2O2. The highest BCUT2D eigenvalue weighted by molar-refractivity contribution is 8.93. The summed E-state index contributed by atoms with van der Waals surface area (Å²) in [4.78, 5) is 20.1. The van der Waals surface area contributed by atoms with E-state index < -0.39 is 0 Å². The lowest BCUT2D eigenvalue weighted by atomic mass is 10.0. The number of nitrogens with zero attached hydrogens (tertiary/aromatic N) is 2. The number of hydrogen-bond acceptors (Lipinski definition) is 4. The molecule has 0 radical (unpaired) electrons. The van der Waals surface area contributed by atoms with Crippen LogP contribution in [0, 0.1) is 0 Å². The molecular weight excluding hydrogens is 464 g/mol. The molecule has 0 unspecified atom stereocenters. The fourth-order valence-corrected chi connectivity index (χ4v) is 3.89. The Morgan fingerprint density at radius 2 is 1.56 bits per heavy atom. The molecule has 0 amide bonds. The number of Topliss-reactive ketones (excluding diaryl/α,β-unsaturated/α-hetero) is 1. The number of benzene rings is 3. The van der Waals surface area contributed by atoms with E-state index in [1.807, 2.05) is 66.7 Å². The molecule has 0 aliphatic carbocycles. The Bertz CT molecular complexity index is 1030. The summed E-state index contributed by atoms with van der Waals surface area (Å²) in [5.74, 6) is 1.88. The molecule has 0 fully saturated rings. The minimum Gasteiger partial charge on any atom is -0.497 e. The van der Waals surface area contributed by atoms with Gasteiger partial charge >= 0.3 is 0 Å². The van der Waals surface area contributed by atoms with Crippen LogP contribution in [0.5, 0.6) is 5.75 Å². The summed E-state index contributed by atoms with van der Waals surface area (Å²) < 4.78 is 5.30. The Labute approximate surface area is 200 Å². The van der Waals surface area contributed by atoms with E-state index in [1.165, 1.54) is 6.42 Å². The lowest BCUT2D eigenvalue weighted by Crippen LogP contribution is -2.36. The van der Waals surface area contributed by atoms with Crippen LogP contribution in [0.15, 0.2) is 83.9 Å². The number of rotatable bonds is 6. The van der Waals surface area contributed by atoms with Gasteiger partial charge in [0.15, 0.2) is 5.78 Å². The first kappa shape index (κ1) is 23.7. The van der Waals surface area contributed by atoms with Gasteiger partial charge in [-0.25, -0.2) is 0 Å². The Kier molecular flexibility index (Phi) is 8.63. The van der Waals surface area contributed by atoms with Crippen LogP contribution < -0.4 is 9.64 Å². The zero-order valence-corrected chi connectivity index (χ0v) is 20.1. The first-order valence-corrected chi connectivity index (χ1v) is 10.9. The van der Waals surface area contributed by atoms with Crippen LogP contribution in [0.25, 0.3) is 11.1 Å². The summed E-state index contributed by atoms with van der Waals surface area (Å²) in [7, 11) is 1.66. The second kappa shape index (κ2) is 11.6. The van der Waals surface area contributed by atoms with Gasteiger partial charge < -0.3 is 9.64 Å². The van der Waals surface area contributed by atoms with Crippen molar-refractivity contribution in [1.82, 2.24) is 0 Å². The number of methoxy groups -OCH3 is 1. The van der Waals surface area contributed by atoms with Gasteiger partial charge in [-0.15, -0.1) is 17.0 Å². The maximum Gasteiger partial charge on any atom is 0.182 e. The molecule has 32 heavy (non-hydrogen) atoms. The molecule has 4 rings (SSSR count). The largest absolute Gasteiger partial charge is 0.497 e. The third-order valence-electron chi connectivity index (χ3n) is 5.66. The van der Waals surface area contributed by atoms with Crippen molar-refractivity contribution in [1.29, 1.82) is 0 Å². The third-order valence-corrected chi connectivity index (χ3v) is 5.66. The van der Waals surface area contributed by atoms with Gasteiger partial charge in [0.25, 0.3) is 0 Å². The van der Waals surface area contributed by atoms with Crippen molar-refractivity contribution in [2.24, 2.45) is 4.99 Å². The Morgan fingerprint density at radius 3 is 2.25 bits per heavy atom. The molecule has 3 aromatic carbocycles. The normalized spacial score (nSPS) is 13.3. The average molecular weight is 493 g/mol. The molecule has 0 spiro atoms. The molecule has 0 saturated carbocycles. The van der Waals surface area contributed by atoms with Gasteiger partial charge in [0, 0.05) is 24.2 Å². The van der Waals surface area contributed by atoms with Gasteiger partial charge in [0.1, 0.15) is 11.6 Å². The predicted octanol–water partition coefficient (Wildman–Crippen LogP) is 6.60. The highest BCUT2D eigenvalue weighted by Gasteiger charge is 2.19. The van der Waals surface area contributed by atoms with Crippen molar-refractivity contribution >= 4 is 34.3 Å². The van der Waals surface area contributed by atoms with Gasteiger partial charge in [-0.05, 0) is 48.2 Å².